The molecule has 0 bridgehead atoms. The normalized spacial score (nSPS) is 10.8. The molecule has 5 heteroatoms. The van der Waals surface area contributed by atoms with Crippen LogP contribution in [-0.2, 0) is 13.0 Å². The molecule has 128 valence electrons. The highest BCUT2D eigenvalue weighted by molar-refractivity contribution is 5.94. The minimum absolute atomic E-state index is 0.0264. The quantitative estimate of drug-likeness (QED) is 0.719. The molecule has 0 saturated heterocycles. The van der Waals surface area contributed by atoms with Gasteiger partial charge in [0.15, 0.2) is 0 Å². The van der Waals surface area contributed by atoms with E-state index in [1.807, 2.05) is 12.1 Å². The Balaban J connectivity index is 1.90. The number of hydrogen-bond donors (Lipinski definition) is 1. The zero-order chi connectivity index (χ0) is 17.8. The van der Waals surface area contributed by atoms with Crippen molar-refractivity contribution >= 4 is 16.9 Å². The summed E-state index contributed by atoms with van der Waals surface area (Å²) < 4.78 is 18.9. The molecule has 1 amide bonds. The van der Waals surface area contributed by atoms with Gasteiger partial charge < -0.3 is 9.73 Å². The third-order valence-electron chi connectivity index (χ3n) is 3.99. The Hall–Kier alpha value is -2.95. The number of carbonyl (C=O) groups excluding carboxylic acids is 1. The van der Waals surface area contributed by atoms with Crippen LogP contribution in [0.2, 0.25) is 0 Å². The molecule has 4 nitrogen and oxygen atoms in total. The fourth-order valence-corrected chi connectivity index (χ4v) is 2.78. The predicted octanol–water partition coefficient (Wildman–Crippen LogP) is 3.81. The van der Waals surface area contributed by atoms with Crippen molar-refractivity contribution in [1.82, 2.24) is 5.32 Å². The maximum Gasteiger partial charge on any atom is 0.336 e. The second-order valence-corrected chi connectivity index (χ2v) is 5.83. The van der Waals surface area contributed by atoms with Gasteiger partial charge in [-0.2, -0.15) is 0 Å². The molecule has 1 N–H and O–H groups in total. The highest BCUT2D eigenvalue weighted by Gasteiger charge is 2.12. The van der Waals surface area contributed by atoms with E-state index >= 15 is 0 Å². The average molecular weight is 339 g/mol. The van der Waals surface area contributed by atoms with Gasteiger partial charge in [-0.15, -0.1) is 0 Å². The first-order valence-corrected chi connectivity index (χ1v) is 8.17. The minimum atomic E-state index is -0.581. The molecule has 0 spiro atoms. The lowest BCUT2D eigenvalue weighted by molar-refractivity contribution is 0.0947. The van der Waals surface area contributed by atoms with E-state index in [4.69, 9.17) is 4.42 Å². The van der Waals surface area contributed by atoms with Crippen molar-refractivity contribution in [3.05, 3.63) is 81.5 Å². The Labute approximate surface area is 144 Å². The third-order valence-corrected chi connectivity index (χ3v) is 3.99. The highest BCUT2D eigenvalue weighted by atomic mass is 19.1. The van der Waals surface area contributed by atoms with Crippen LogP contribution >= 0.6 is 0 Å². The molecule has 0 aliphatic carbocycles. The van der Waals surface area contributed by atoms with Crippen molar-refractivity contribution in [3.8, 4) is 0 Å². The topological polar surface area (TPSA) is 59.3 Å². The van der Waals surface area contributed by atoms with Crippen LogP contribution in [0, 0.1) is 5.82 Å². The molecule has 0 unspecified atom stereocenters. The van der Waals surface area contributed by atoms with Crippen molar-refractivity contribution in [2.24, 2.45) is 0 Å². The SMILES string of the molecule is CCCc1ccc2oc(=O)cc(CNC(=O)c3ccccc3F)c2c1. The van der Waals surface area contributed by atoms with Crippen LogP contribution in [0.5, 0.6) is 0 Å². The fourth-order valence-electron chi connectivity index (χ4n) is 2.78. The van der Waals surface area contributed by atoms with Crippen LogP contribution in [0.1, 0.15) is 34.8 Å². The average Bonchev–Trinajstić information content (AvgIpc) is 2.60. The van der Waals surface area contributed by atoms with Gasteiger partial charge in [0.05, 0.1) is 5.56 Å². The number of hydrogen-bond acceptors (Lipinski definition) is 3. The number of carbonyl (C=O) groups is 1. The van der Waals surface area contributed by atoms with Crippen LogP contribution < -0.4 is 10.9 Å². The molecule has 1 heterocycles. The number of fused-ring (bicyclic) bond motifs is 1. The Morgan fingerprint density at radius 1 is 1.16 bits per heavy atom. The number of aryl methyl sites for hydroxylation is 1. The molecule has 0 radical (unpaired) electrons. The fraction of sp³-hybridized carbons (Fsp3) is 0.200. The number of benzene rings is 2. The van der Waals surface area contributed by atoms with Crippen molar-refractivity contribution in [3.63, 3.8) is 0 Å². The largest absolute Gasteiger partial charge is 0.423 e. The van der Waals surface area contributed by atoms with Crippen molar-refractivity contribution in [1.29, 1.82) is 0 Å². The molecule has 0 fully saturated rings. The van der Waals surface area contributed by atoms with E-state index in [9.17, 15) is 14.0 Å². The second-order valence-electron chi connectivity index (χ2n) is 5.83. The van der Waals surface area contributed by atoms with Gasteiger partial charge in [-0.3, -0.25) is 4.79 Å². The van der Waals surface area contributed by atoms with E-state index in [0.717, 1.165) is 23.8 Å². The lowest BCUT2D eigenvalue weighted by Gasteiger charge is -2.09. The smallest absolute Gasteiger partial charge is 0.336 e. The molecule has 25 heavy (non-hydrogen) atoms. The van der Waals surface area contributed by atoms with E-state index in [0.29, 0.717) is 11.1 Å². The molecule has 1 aromatic heterocycles. The Morgan fingerprint density at radius 2 is 1.96 bits per heavy atom. The summed E-state index contributed by atoms with van der Waals surface area (Å²) in [4.78, 5) is 23.9. The van der Waals surface area contributed by atoms with E-state index in [1.165, 1.54) is 24.3 Å². The summed E-state index contributed by atoms with van der Waals surface area (Å²) in [5, 5.41) is 3.44. The first-order valence-electron chi connectivity index (χ1n) is 8.17. The zero-order valence-corrected chi connectivity index (χ0v) is 13.8. The van der Waals surface area contributed by atoms with Gasteiger partial charge >= 0.3 is 5.63 Å². The van der Waals surface area contributed by atoms with E-state index in [2.05, 4.69) is 12.2 Å². The molecule has 3 aromatic rings. The molecule has 3 rings (SSSR count). The Bertz CT molecular complexity index is 978. The molecular formula is C20H18FNO3. The predicted molar refractivity (Wildman–Crippen MR) is 94.0 cm³/mol. The number of amides is 1. The van der Waals surface area contributed by atoms with Gasteiger partial charge in [0.25, 0.3) is 5.91 Å². The lowest BCUT2D eigenvalue weighted by Crippen LogP contribution is -2.24. The summed E-state index contributed by atoms with van der Waals surface area (Å²) in [6, 6.07) is 12.8. The summed E-state index contributed by atoms with van der Waals surface area (Å²) in [5.74, 6) is -1.10. The molecule has 0 aliphatic heterocycles. The maximum atomic E-state index is 13.7. The van der Waals surface area contributed by atoms with E-state index in [-0.39, 0.29) is 12.1 Å². The van der Waals surface area contributed by atoms with Crippen molar-refractivity contribution in [2.45, 2.75) is 26.3 Å². The Morgan fingerprint density at radius 3 is 2.72 bits per heavy atom. The highest BCUT2D eigenvalue weighted by Crippen LogP contribution is 2.20. The molecule has 0 aliphatic rings. The van der Waals surface area contributed by atoms with Gasteiger partial charge in [-0.1, -0.05) is 31.5 Å². The van der Waals surface area contributed by atoms with Crippen LogP contribution in [0.15, 0.2) is 57.7 Å². The number of halogens is 1. The van der Waals surface area contributed by atoms with Gasteiger partial charge in [0, 0.05) is 18.0 Å². The second kappa shape index (κ2) is 7.30. The van der Waals surface area contributed by atoms with E-state index < -0.39 is 17.3 Å². The number of nitrogens with one attached hydrogen (secondary N) is 1. The Kier molecular flexibility index (Phi) is 4.93. The van der Waals surface area contributed by atoms with Crippen molar-refractivity contribution < 1.29 is 13.6 Å². The van der Waals surface area contributed by atoms with Crippen LogP contribution in [-0.4, -0.2) is 5.91 Å². The van der Waals surface area contributed by atoms with Gasteiger partial charge in [0.1, 0.15) is 11.4 Å². The van der Waals surface area contributed by atoms with Crippen molar-refractivity contribution in [2.75, 3.05) is 0 Å². The van der Waals surface area contributed by atoms with Crippen LogP contribution in [0.3, 0.4) is 0 Å². The summed E-state index contributed by atoms with van der Waals surface area (Å²) in [6.07, 6.45) is 1.91. The first-order chi connectivity index (χ1) is 12.1. The molecule has 0 atom stereocenters. The first kappa shape index (κ1) is 16.9. The summed E-state index contributed by atoms with van der Waals surface area (Å²) in [5.41, 5.74) is 1.74. The number of rotatable bonds is 5. The summed E-state index contributed by atoms with van der Waals surface area (Å²) >= 11 is 0. The molecule has 0 saturated carbocycles. The molecule has 2 aromatic carbocycles. The monoisotopic (exact) mass is 339 g/mol. The minimum Gasteiger partial charge on any atom is -0.423 e. The van der Waals surface area contributed by atoms with Crippen LogP contribution in [0.4, 0.5) is 4.39 Å². The summed E-state index contributed by atoms with van der Waals surface area (Å²) in [7, 11) is 0. The van der Waals surface area contributed by atoms with Crippen LogP contribution in [0.25, 0.3) is 11.0 Å². The summed E-state index contributed by atoms with van der Waals surface area (Å²) in [6.45, 7) is 2.20. The van der Waals surface area contributed by atoms with Gasteiger partial charge in [0.2, 0.25) is 0 Å². The lowest BCUT2D eigenvalue weighted by atomic mass is 10.0. The van der Waals surface area contributed by atoms with Gasteiger partial charge in [-0.05, 0) is 41.8 Å². The van der Waals surface area contributed by atoms with Gasteiger partial charge in [-0.25, -0.2) is 9.18 Å². The zero-order valence-electron chi connectivity index (χ0n) is 13.8. The third kappa shape index (κ3) is 3.76. The van der Waals surface area contributed by atoms with E-state index in [1.54, 1.807) is 12.1 Å². The molecular weight excluding hydrogens is 321 g/mol. The maximum absolute atomic E-state index is 13.7. The standard InChI is InChI=1S/C20H18FNO3/c1-2-5-13-8-9-18-16(10-13)14(11-19(23)25-18)12-22-20(24)15-6-3-4-7-17(15)21/h3-4,6-11H,2,5,12H2,1H3,(H,22,24).